The van der Waals surface area contributed by atoms with Crippen LogP contribution in [-0.4, -0.2) is 12.5 Å². The molecule has 0 bridgehead atoms. The number of nitrogens with one attached hydrogen (secondary N) is 2. The summed E-state index contributed by atoms with van der Waals surface area (Å²) >= 11 is 6.01. The van der Waals surface area contributed by atoms with Gasteiger partial charge >= 0.3 is 0 Å². The molecule has 4 nitrogen and oxygen atoms in total. The Balaban J connectivity index is 1.88. The van der Waals surface area contributed by atoms with Crippen molar-refractivity contribution in [2.45, 2.75) is 19.9 Å². The second-order valence-corrected chi connectivity index (χ2v) is 4.99. The van der Waals surface area contributed by atoms with Crippen molar-refractivity contribution < 1.29 is 9.21 Å². The van der Waals surface area contributed by atoms with Crippen molar-refractivity contribution in [3.63, 3.8) is 0 Å². The van der Waals surface area contributed by atoms with Gasteiger partial charge in [-0.05, 0) is 43.7 Å². The first-order chi connectivity index (χ1) is 9.58. The van der Waals surface area contributed by atoms with E-state index < -0.39 is 0 Å². The molecular formula is C15H17ClN2O2. The SMILES string of the molecule is Cc1c(Cl)cccc1NC(=O)CN[C@@H](C)c1ccco1. The minimum Gasteiger partial charge on any atom is -0.468 e. The maximum Gasteiger partial charge on any atom is 0.238 e. The third-order valence-corrected chi connectivity index (χ3v) is 3.49. The Bertz CT molecular complexity index is 582. The van der Waals surface area contributed by atoms with Crippen LogP contribution in [0.15, 0.2) is 41.0 Å². The first-order valence-corrected chi connectivity index (χ1v) is 6.77. The standard InChI is InChI=1S/C15H17ClN2O2/c1-10-12(16)5-3-6-13(10)18-15(19)9-17-11(2)14-7-4-8-20-14/h3-8,11,17H,9H2,1-2H3,(H,18,19)/t11-/m0/s1. The van der Waals surface area contributed by atoms with Crippen LogP contribution in [0.5, 0.6) is 0 Å². The van der Waals surface area contributed by atoms with Crippen LogP contribution in [-0.2, 0) is 4.79 Å². The van der Waals surface area contributed by atoms with Gasteiger partial charge in [0, 0.05) is 10.7 Å². The van der Waals surface area contributed by atoms with Gasteiger partial charge in [-0.2, -0.15) is 0 Å². The molecule has 0 unspecified atom stereocenters. The van der Waals surface area contributed by atoms with E-state index in [-0.39, 0.29) is 18.5 Å². The first kappa shape index (κ1) is 14.6. The largest absolute Gasteiger partial charge is 0.468 e. The quantitative estimate of drug-likeness (QED) is 0.886. The predicted molar refractivity (Wildman–Crippen MR) is 79.9 cm³/mol. The average molecular weight is 293 g/mol. The summed E-state index contributed by atoms with van der Waals surface area (Å²) in [6.07, 6.45) is 1.61. The maximum absolute atomic E-state index is 11.9. The highest BCUT2D eigenvalue weighted by atomic mass is 35.5. The van der Waals surface area contributed by atoms with Crippen molar-refractivity contribution in [3.8, 4) is 0 Å². The summed E-state index contributed by atoms with van der Waals surface area (Å²) in [4.78, 5) is 11.9. The smallest absolute Gasteiger partial charge is 0.238 e. The fraction of sp³-hybridized carbons (Fsp3) is 0.267. The fourth-order valence-corrected chi connectivity index (χ4v) is 2.00. The summed E-state index contributed by atoms with van der Waals surface area (Å²) < 4.78 is 5.27. The van der Waals surface area contributed by atoms with E-state index in [1.807, 2.05) is 38.1 Å². The van der Waals surface area contributed by atoms with Gasteiger partial charge in [0.05, 0.1) is 18.8 Å². The number of hydrogen-bond donors (Lipinski definition) is 2. The molecule has 2 aromatic rings. The third-order valence-electron chi connectivity index (χ3n) is 3.08. The Morgan fingerprint density at radius 3 is 2.85 bits per heavy atom. The van der Waals surface area contributed by atoms with Crippen molar-refractivity contribution >= 4 is 23.2 Å². The van der Waals surface area contributed by atoms with Gasteiger partial charge in [0.2, 0.25) is 5.91 Å². The number of anilines is 1. The minimum atomic E-state index is -0.117. The van der Waals surface area contributed by atoms with Crippen molar-refractivity contribution in [2.24, 2.45) is 0 Å². The molecule has 0 saturated heterocycles. The van der Waals surface area contributed by atoms with Crippen LogP contribution in [0.4, 0.5) is 5.69 Å². The summed E-state index contributed by atoms with van der Waals surface area (Å²) in [6.45, 7) is 4.02. The second-order valence-electron chi connectivity index (χ2n) is 4.58. The molecule has 1 amide bonds. The van der Waals surface area contributed by atoms with Gasteiger partial charge in [0.25, 0.3) is 0 Å². The summed E-state index contributed by atoms with van der Waals surface area (Å²) in [7, 11) is 0. The highest BCUT2D eigenvalue weighted by Gasteiger charge is 2.11. The molecule has 1 aromatic heterocycles. The minimum absolute atomic E-state index is 0.0174. The lowest BCUT2D eigenvalue weighted by Crippen LogP contribution is -2.30. The molecule has 2 N–H and O–H groups in total. The Hall–Kier alpha value is -1.78. The number of carbonyl (C=O) groups is 1. The van der Waals surface area contributed by atoms with Crippen molar-refractivity contribution in [1.29, 1.82) is 0 Å². The van der Waals surface area contributed by atoms with Crippen molar-refractivity contribution in [2.75, 3.05) is 11.9 Å². The molecule has 0 fully saturated rings. The average Bonchev–Trinajstić information content (AvgIpc) is 2.95. The Morgan fingerprint density at radius 2 is 2.15 bits per heavy atom. The molecule has 1 atom stereocenters. The summed E-state index contributed by atoms with van der Waals surface area (Å²) in [5, 5.41) is 6.57. The van der Waals surface area contributed by atoms with Gasteiger partial charge in [-0.1, -0.05) is 17.7 Å². The van der Waals surface area contributed by atoms with Gasteiger partial charge in [-0.3, -0.25) is 10.1 Å². The number of furan rings is 1. The lowest BCUT2D eigenvalue weighted by molar-refractivity contribution is -0.115. The fourth-order valence-electron chi connectivity index (χ4n) is 1.82. The zero-order chi connectivity index (χ0) is 14.5. The van der Waals surface area contributed by atoms with E-state index in [0.29, 0.717) is 5.02 Å². The maximum atomic E-state index is 11.9. The Labute approximate surface area is 123 Å². The van der Waals surface area contributed by atoms with Gasteiger partial charge in [-0.25, -0.2) is 0 Å². The molecular weight excluding hydrogens is 276 g/mol. The highest BCUT2D eigenvalue weighted by Crippen LogP contribution is 2.22. The normalized spacial score (nSPS) is 12.2. The van der Waals surface area contributed by atoms with Crippen LogP contribution >= 0.6 is 11.6 Å². The van der Waals surface area contributed by atoms with Crippen LogP contribution in [0, 0.1) is 6.92 Å². The summed E-state index contributed by atoms with van der Waals surface area (Å²) in [5.41, 5.74) is 1.59. The van der Waals surface area contributed by atoms with Gasteiger partial charge in [0.1, 0.15) is 5.76 Å². The van der Waals surface area contributed by atoms with Crippen LogP contribution < -0.4 is 10.6 Å². The van der Waals surface area contributed by atoms with E-state index in [1.54, 1.807) is 12.3 Å². The lowest BCUT2D eigenvalue weighted by Gasteiger charge is -2.13. The molecule has 2 rings (SSSR count). The van der Waals surface area contributed by atoms with Gasteiger partial charge < -0.3 is 9.73 Å². The molecule has 106 valence electrons. The molecule has 0 saturated carbocycles. The lowest BCUT2D eigenvalue weighted by atomic mass is 10.2. The van der Waals surface area contributed by atoms with Crippen molar-refractivity contribution in [3.05, 3.63) is 52.9 Å². The Morgan fingerprint density at radius 1 is 1.35 bits per heavy atom. The highest BCUT2D eigenvalue weighted by molar-refractivity contribution is 6.31. The van der Waals surface area contributed by atoms with E-state index in [9.17, 15) is 4.79 Å². The van der Waals surface area contributed by atoms with E-state index >= 15 is 0 Å². The zero-order valence-corrected chi connectivity index (χ0v) is 12.2. The number of carbonyl (C=O) groups excluding carboxylic acids is 1. The molecule has 0 radical (unpaired) electrons. The molecule has 0 aliphatic heterocycles. The molecule has 0 aliphatic rings. The second kappa shape index (κ2) is 6.59. The van der Waals surface area contributed by atoms with Crippen molar-refractivity contribution in [1.82, 2.24) is 5.32 Å². The van der Waals surface area contributed by atoms with Crippen LogP contribution in [0.25, 0.3) is 0 Å². The summed E-state index contributed by atoms with van der Waals surface area (Å²) in [5.74, 6) is 0.686. The number of benzene rings is 1. The van der Waals surface area contributed by atoms with E-state index in [4.69, 9.17) is 16.0 Å². The van der Waals surface area contributed by atoms with Gasteiger partial charge in [-0.15, -0.1) is 0 Å². The number of rotatable bonds is 5. The van der Waals surface area contributed by atoms with Crippen LogP contribution in [0.3, 0.4) is 0 Å². The molecule has 5 heteroatoms. The van der Waals surface area contributed by atoms with E-state index in [1.165, 1.54) is 0 Å². The first-order valence-electron chi connectivity index (χ1n) is 6.39. The van der Waals surface area contributed by atoms with Crippen LogP contribution in [0.2, 0.25) is 5.02 Å². The van der Waals surface area contributed by atoms with Gasteiger partial charge in [0.15, 0.2) is 0 Å². The molecule has 0 spiro atoms. The third kappa shape index (κ3) is 3.62. The molecule has 0 aliphatic carbocycles. The molecule has 1 heterocycles. The molecule has 20 heavy (non-hydrogen) atoms. The number of hydrogen-bond acceptors (Lipinski definition) is 3. The van der Waals surface area contributed by atoms with Crippen LogP contribution in [0.1, 0.15) is 24.3 Å². The zero-order valence-electron chi connectivity index (χ0n) is 11.4. The van der Waals surface area contributed by atoms with E-state index in [2.05, 4.69) is 10.6 Å². The molecule has 1 aromatic carbocycles. The van der Waals surface area contributed by atoms with E-state index in [0.717, 1.165) is 17.0 Å². The summed E-state index contributed by atoms with van der Waals surface area (Å²) in [6, 6.07) is 9.11. The Kier molecular flexibility index (Phi) is 4.82. The number of halogens is 1. The topological polar surface area (TPSA) is 54.3 Å². The number of amides is 1. The predicted octanol–water partition coefficient (Wildman–Crippen LogP) is 3.53. The monoisotopic (exact) mass is 292 g/mol.